The highest BCUT2D eigenvalue weighted by atomic mass is 19.1. The second kappa shape index (κ2) is 8.07. The van der Waals surface area contributed by atoms with Crippen LogP contribution in [0.4, 0.5) is 9.18 Å². The molecule has 3 aromatic carbocycles. The lowest BCUT2D eigenvalue weighted by atomic mass is 9.98. The molecule has 0 radical (unpaired) electrons. The number of halogens is 1. The summed E-state index contributed by atoms with van der Waals surface area (Å²) in [5, 5.41) is 11.9. The molecule has 5 heteroatoms. The molecule has 0 spiro atoms. The van der Waals surface area contributed by atoms with E-state index in [1.54, 1.807) is 0 Å². The highest BCUT2D eigenvalue weighted by Crippen LogP contribution is 2.44. The number of carbonyl (C=O) groups excluding carboxylic acids is 1. The van der Waals surface area contributed by atoms with E-state index < -0.39 is 11.9 Å². The molecule has 1 amide bonds. The number of ether oxygens (including phenoxy) is 1. The predicted molar refractivity (Wildman–Crippen MR) is 108 cm³/mol. The third-order valence-electron chi connectivity index (χ3n) is 4.84. The Bertz CT molecular complexity index is 1080. The first-order chi connectivity index (χ1) is 14.1. The Balaban J connectivity index is 1.36. The zero-order chi connectivity index (χ0) is 20.2. The minimum atomic E-state index is -0.586. The lowest BCUT2D eigenvalue weighted by Gasteiger charge is -2.14. The van der Waals surface area contributed by atoms with Gasteiger partial charge in [-0.2, -0.15) is 0 Å². The first-order valence-corrected chi connectivity index (χ1v) is 9.19. The van der Waals surface area contributed by atoms with Crippen LogP contribution in [0.2, 0.25) is 0 Å². The maximum absolute atomic E-state index is 13.6. The third kappa shape index (κ3) is 3.92. The van der Waals surface area contributed by atoms with E-state index in [0.717, 1.165) is 28.3 Å². The molecule has 3 aromatic rings. The first kappa shape index (κ1) is 18.6. The number of hydrogen-bond donors (Lipinski definition) is 2. The van der Waals surface area contributed by atoms with E-state index in [4.69, 9.17) is 4.74 Å². The molecule has 2 N–H and O–H groups in total. The van der Waals surface area contributed by atoms with Crippen molar-refractivity contribution in [2.45, 2.75) is 5.92 Å². The molecule has 0 aromatic heterocycles. The van der Waals surface area contributed by atoms with Crippen LogP contribution >= 0.6 is 0 Å². The molecular weight excluding hydrogens is 369 g/mol. The van der Waals surface area contributed by atoms with Gasteiger partial charge in [-0.1, -0.05) is 60.4 Å². The minimum Gasteiger partial charge on any atom is -0.508 e. The van der Waals surface area contributed by atoms with Gasteiger partial charge in [0.15, 0.2) is 0 Å². The standard InChI is InChI=1S/C24H18FNO3/c25-23-12-11-17(27)14-16(23)6-5-13-26-24(28)29-15-22-20-9-3-1-7-18(20)19-8-2-4-10-21(19)22/h1-4,7-12,14,22,27H,13,15H2,(H,26,28). The molecule has 4 nitrogen and oxygen atoms in total. The van der Waals surface area contributed by atoms with Gasteiger partial charge in [-0.25, -0.2) is 9.18 Å². The maximum Gasteiger partial charge on any atom is 0.407 e. The first-order valence-electron chi connectivity index (χ1n) is 9.19. The summed E-state index contributed by atoms with van der Waals surface area (Å²) in [6.45, 7) is 0.222. The van der Waals surface area contributed by atoms with Gasteiger partial charge in [-0.3, -0.25) is 0 Å². The van der Waals surface area contributed by atoms with Crippen LogP contribution < -0.4 is 5.32 Å². The van der Waals surface area contributed by atoms with Crippen LogP contribution in [-0.4, -0.2) is 24.4 Å². The molecule has 4 rings (SSSR count). The predicted octanol–water partition coefficient (Wildman–Crippen LogP) is 4.42. The van der Waals surface area contributed by atoms with Crippen LogP contribution in [0.3, 0.4) is 0 Å². The summed E-state index contributed by atoms with van der Waals surface area (Å²) in [6.07, 6.45) is -0.586. The van der Waals surface area contributed by atoms with Crippen LogP contribution in [0.1, 0.15) is 22.6 Å². The Morgan fingerprint density at radius 2 is 1.69 bits per heavy atom. The minimum absolute atomic E-state index is 0.00572. The fourth-order valence-electron chi connectivity index (χ4n) is 3.51. The van der Waals surface area contributed by atoms with Crippen molar-refractivity contribution in [2.24, 2.45) is 0 Å². The second-order valence-corrected chi connectivity index (χ2v) is 6.65. The largest absolute Gasteiger partial charge is 0.508 e. The summed E-state index contributed by atoms with van der Waals surface area (Å²) in [7, 11) is 0. The quantitative estimate of drug-likeness (QED) is 0.654. The molecule has 0 fully saturated rings. The van der Waals surface area contributed by atoms with Crippen LogP contribution in [0.15, 0.2) is 66.7 Å². The van der Waals surface area contributed by atoms with Gasteiger partial charge < -0.3 is 15.2 Å². The molecule has 0 saturated carbocycles. The van der Waals surface area contributed by atoms with Gasteiger partial charge in [0.1, 0.15) is 18.2 Å². The van der Waals surface area contributed by atoms with E-state index in [-0.39, 0.29) is 30.4 Å². The van der Waals surface area contributed by atoms with Crippen molar-refractivity contribution in [3.8, 4) is 28.7 Å². The van der Waals surface area contributed by atoms with E-state index in [0.29, 0.717) is 0 Å². The number of carbonyl (C=O) groups is 1. The van der Waals surface area contributed by atoms with Crippen molar-refractivity contribution in [2.75, 3.05) is 13.2 Å². The van der Waals surface area contributed by atoms with Gasteiger partial charge in [-0.15, -0.1) is 0 Å². The van der Waals surface area contributed by atoms with Crippen molar-refractivity contribution in [3.63, 3.8) is 0 Å². The van der Waals surface area contributed by atoms with Crippen LogP contribution in [0, 0.1) is 17.7 Å². The molecule has 0 aliphatic heterocycles. The Hall–Kier alpha value is -3.78. The van der Waals surface area contributed by atoms with E-state index in [2.05, 4.69) is 41.4 Å². The van der Waals surface area contributed by atoms with E-state index in [1.807, 2.05) is 24.3 Å². The molecule has 1 aliphatic carbocycles. The van der Waals surface area contributed by atoms with Gasteiger partial charge in [0.2, 0.25) is 0 Å². The number of hydrogen-bond acceptors (Lipinski definition) is 3. The van der Waals surface area contributed by atoms with Crippen molar-refractivity contribution in [1.29, 1.82) is 0 Å². The summed E-state index contributed by atoms with van der Waals surface area (Å²) in [5.74, 6) is 4.61. The molecule has 1 aliphatic rings. The molecule has 0 heterocycles. The summed E-state index contributed by atoms with van der Waals surface area (Å²) in [6, 6.07) is 19.8. The van der Waals surface area contributed by atoms with Gasteiger partial charge in [0.05, 0.1) is 12.1 Å². The van der Waals surface area contributed by atoms with Crippen molar-refractivity contribution >= 4 is 6.09 Å². The van der Waals surface area contributed by atoms with Crippen molar-refractivity contribution in [1.82, 2.24) is 5.32 Å². The number of benzene rings is 3. The Morgan fingerprint density at radius 1 is 1.03 bits per heavy atom. The molecule has 29 heavy (non-hydrogen) atoms. The number of phenols is 1. The Labute approximate surface area is 168 Å². The third-order valence-corrected chi connectivity index (χ3v) is 4.84. The average Bonchev–Trinajstić information content (AvgIpc) is 3.06. The fourth-order valence-corrected chi connectivity index (χ4v) is 3.51. The van der Waals surface area contributed by atoms with Crippen LogP contribution in [-0.2, 0) is 4.74 Å². The van der Waals surface area contributed by atoms with Crippen molar-refractivity contribution < 1.29 is 19.0 Å². The number of fused-ring (bicyclic) bond motifs is 3. The Kier molecular flexibility index (Phi) is 5.17. The fraction of sp³-hybridized carbons (Fsp3) is 0.125. The van der Waals surface area contributed by atoms with Crippen LogP contribution in [0.25, 0.3) is 11.1 Å². The lowest BCUT2D eigenvalue weighted by molar-refractivity contribution is 0.144. The molecule has 0 bridgehead atoms. The summed E-state index contributed by atoms with van der Waals surface area (Å²) < 4.78 is 19.0. The van der Waals surface area contributed by atoms with Crippen molar-refractivity contribution in [3.05, 3.63) is 89.2 Å². The van der Waals surface area contributed by atoms with E-state index in [9.17, 15) is 14.3 Å². The molecule has 0 saturated heterocycles. The van der Waals surface area contributed by atoms with E-state index in [1.165, 1.54) is 12.1 Å². The topological polar surface area (TPSA) is 58.6 Å². The number of aromatic hydroxyl groups is 1. The average molecular weight is 387 g/mol. The number of rotatable bonds is 3. The molecule has 0 unspecified atom stereocenters. The summed E-state index contributed by atoms with van der Waals surface area (Å²) >= 11 is 0. The summed E-state index contributed by atoms with van der Waals surface area (Å²) in [5.41, 5.74) is 4.67. The van der Waals surface area contributed by atoms with Gasteiger partial charge in [0.25, 0.3) is 0 Å². The molecule has 0 atom stereocenters. The smallest absolute Gasteiger partial charge is 0.407 e. The highest BCUT2D eigenvalue weighted by Gasteiger charge is 2.28. The normalized spacial score (nSPS) is 11.8. The number of alkyl carbamates (subject to hydrolysis) is 1. The highest BCUT2D eigenvalue weighted by molar-refractivity contribution is 5.79. The zero-order valence-corrected chi connectivity index (χ0v) is 15.5. The van der Waals surface area contributed by atoms with Gasteiger partial charge in [-0.05, 0) is 40.5 Å². The number of nitrogens with one attached hydrogen (secondary N) is 1. The lowest BCUT2D eigenvalue weighted by Crippen LogP contribution is -2.26. The maximum atomic E-state index is 13.6. The second-order valence-electron chi connectivity index (χ2n) is 6.65. The SMILES string of the molecule is O=C(NCC#Cc1cc(O)ccc1F)OCC1c2ccccc2-c2ccccc21. The van der Waals surface area contributed by atoms with Gasteiger partial charge >= 0.3 is 6.09 Å². The van der Waals surface area contributed by atoms with Gasteiger partial charge in [0, 0.05) is 5.92 Å². The number of amides is 1. The van der Waals surface area contributed by atoms with Crippen LogP contribution in [0.5, 0.6) is 5.75 Å². The molecule has 144 valence electrons. The van der Waals surface area contributed by atoms with E-state index >= 15 is 0 Å². The summed E-state index contributed by atoms with van der Waals surface area (Å²) in [4.78, 5) is 12.0. The molecular formula is C24H18FNO3. The Morgan fingerprint density at radius 3 is 2.38 bits per heavy atom. The zero-order valence-electron chi connectivity index (χ0n) is 15.5. The monoisotopic (exact) mass is 387 g/mol. The number of phenolic OH excluding ortho intramolecular Hbond substituents is 1.